The molecular weight excluding hydrogens is 305 g/mol. The molecular formula is C13H21F3N2O4. The first-order chi connectivity index (χ1) is 10.3. The van der Waals surface area contributed by atoms with Crippen LogP contribution in [-0.2, 0) is 14.3 Å². The molecule has 1 atom stereocenters. The number of carboxylic acids is 1. The number of morpholine rings is 1. The Balaban J connectivity index is 0.000000217. The smallest absolute Gasteiger partial charge is 0.475 e. The third-order valence-corrected chi connectivity index (χ3v) is 4.00. The van der Waals surface area contributed by atoms with Crippen LogP contribution in [0.4, 0.5) is 13.2 Å². The Morgan fingerprint density at radius 1 is 1.36 bits per heavy atom. The molecule has 128 valence electrons. The highest BCUT2D eigenvalue weighted by atomic mass is 19.4. The van der Waals surface area contributed by atoms with Gasteiger partial charge in [-0.2, -0.15) is 13.2 Å². The number of hydrogen-bond acceptors (Lipinski definition) is 5. The zero-order valence-corrected chi connectivity index (χ0v) is 12.2. The molecule has 0 aromatic heterocycles. The molecule has 9 heteroatoms. The van der Waals surface area contributed by atoms with Crippen LogP contribution in [0.5, 0.6) is 0 Å². The quantitative estimate of drug-likeness (QED) is 0.762. The Labute approximate surface area is 126 Å². The van der Waals surface area contributed by atoms with Crippen molar-refractivity contribution in [2.45, 2.75) is 18.2 Å². The standard InChI is InChI=1S/C11H20N2O2.C2HF3O2/c1-3-14-6-10(1)5-13-2-4-15-11(9-13)7-12-8-11;3-2(4,5)1(6)7/h10,12H,1-9H2;(H,6,7). The van der Waals surface area contributed by atoms with E-state index in [1.807, 2.05) is 0 Å². The van der Waals surface area contributed by atoms with E-state index >= 15 is 0 Å². The fraction of sp³-hybridized carbons (Fsp3) is 0.923. The molecule has 0 aromatic carbocycles. The van der Waals surface area contributed by atoms with Crippen molar-refractivity contribution in [2.75, 3.05) is 52.5 Å². The highest BCUT2D eigenvalue weighted by Crippen LogP contribution is 2.24. The summed E-state index contributed by atoms with van der Waals surface area (Å²) in [5.41, 5.74) is 0.151. The normalized spacial score (nSPS) is 27.9. The van der Waals surface area contributed by atoms with Crippen LogP contribution in [-0.4, -0.2) is 80.3 Å². The van der Waals surface area contributed by atoms with Crippen LogP contribution in [0.1, 0.15) is 6.42 Å². The van der Waals surface area contributed by atoms with Gasteiger partial charge in [0.2, 0.25) is 0 Å². The summed E-state index contributed by atoms with van der Waals surface area (Å²) in [6.07, 6.45) is -3.84. The summed E-state index contributed by atoms with van der Waals surface area (Å²) >= 11 is 0. The predicted molar refractivity (Wildman–Crippen MR) is 70.6 cm³/mol. The Kier molecular flexibility index (Phi) is 5.65. The molecule has 0 bridgehead atoms. The average molecular weight is 326 g/mol. The fourth-order valence-electron chi connectivity index (χ4n) is 2.79. The van der Waals surface area contributed by atoms with Crippen molar-refractivity contribution in [3.63, 3.8) is 0 Å². The summed E-state index contributed by atoms with van der Waals surface area (Å²) in [7, 11) is 0. The minimum atomic E-state index is -5.08. The maximum Gasteiger partial charge on any atom is 0.490 e. The molecule has 3 saturated heterocycles. The minimum absolute atomic E-state index is 0.151. The van der Waals surface area contributed by atoms with Gasteiger partial charge in [0.15, 0.2) is 0 Å². The first kappa shape index (κ1) is 17.5. The Bertz CT molecular complexity index is 382. The van der Waals surface area contributed by atoms with Gasteiger partial charge < -0.3 is 19.9 Å². The van der Waals surface area contributed by atoms with E-state index in [-0.39, 0.29) is 5.60 Å². The summed E-state index contributed by atoms with van der Waals surface area (Å²) in [4.78, 5) is 11.5. The van der Waals surface area contributed by atoms with Crippen molar-refractivity contribution < 1.29 is 32.5 Å². The van der Waals surface area contributed by atoms with E-state index in [2.05, 4.69) is 10.2 Å². The number of rotatable bonds is 2. The second-order valence-corrected chi connectivity index (χ2v) is 5.90. The van der Waals surface area contributed by atoms with Crippen molar-refractivity contribution >= 4 is 5.97 Å². The third-order valence-electron chi connectivity index (χ3n) is 4.00. The van der Waals surface area contributed by atoms with Crippen LogP contribution < -0.4 is 5.32 Å². The van der Waals surface area contributed by atoms with E-state index in [4.69, 9.17) is 19.4 Å². The molecule has 1 spiro atoms. The first-order valence-corrected chi connectivity index (χ1v) is 7.26. The molecule has 0 aromatic rings. The first-order valence-electron chi connectivity index (χ1n) is 7.26. The Morgan fingerprint density at radius 3 is 2.50 bits per heavy atom. The fourth-order valence-corrected chi connectivity index (χ4v) is 2.79. The van der Waals surface area contributed by atoms with E-state index in [0.717, 1.165) is 51.9 Å². The lowest BCUT2D eigenvalue weighted by molar-refractivity contribution is -0.192. The van der Waals surface area contributed by atoms with E-state index in [9.17, 15) is 13.2 Å². The van der Waals surface area contributed by atoms with Crippen LogP contribution in [0.25, 0.3) is 0 Å². The topological polar surface area (TPSA) is 71.0 Å². The number of alkyl halides is 3. The lowest BCUT2D eigenvalue weighted by Crippen LogP contribution is -2.69. The number of nitrogens with one attached hydrogen (secondary N) is 1. The summed E-state index contributed by atoms with van der Waals surface area (Å²) in [6, 6.07) is 0. The number of aliphatic carboxylic acids is 1. The van der Waals surface area contributed by atoms with Crippen LogP contribution in [0, 0.1) is 5.92 Å². The van der Waals surface area contributed by atoms with Gasteiger partial charge in [0, 0.05) is 39.3 Å². The second kappa shape index (κ2) is 7.12. The molecule has 3 aliphatic rings. The van der Waals surface area contributed by atoms with Crippen LogP contribution in [0.15, 0.2) is 0 Å². The third kappa shape index (κ3) is 4.80. The number of carbonyl (C=O) groups is 1. The van der Waals surface area contributed by atoms with Gasteiger partial charge in [-0.05, 0) is 12.3 Å². The average Bonchev–Trinajstić information content (AvgIpc) is 2.90. The molecule has 3 fully saturated rings. The molecule has 3 heterocycles. The van der Waals surface area contributed by atoms with Gasteiger partial charge in [0.1, 0.15) is 5.60 Å². The number of ether oxygens (including phenoxy) is 2. The van der Waals surface area contributed by atoms with Crippen molar-refractivity contribution in [2.24, 2.45) is 5.92 Å². The SMILES string of the molecule is C1CC(CN2CCOC3(CNC3)C2)CO1.O=C(O)C(F)(F)F. The number of hydrogen-bond donors (Lipinski definition) is 2. The summed E-state index contributed by atoms with van der Waals surface area (Å²) < 4.78 is 43.0. The molecule has 0 amide bonds. The molecule has 2 N–H and O–H groups in total. The lowest BCUT2D eigenvalue weighted by atomic mass is 9.94. The van der Waals surface area contributed by atoms with Crippen molar-refractivity contribution in [1.82, 2.24) is 10.2 Å². The molecule has 22 heavy (non-hydrogen) atoms. The molecule has 0 aliphatic carbocycles. The molecule has 3 aliphatic heterocycles. The minimum Gasteiger partial charge on any atom is -0.475 e. The molecule has 0 radical (unpaired) electrons. The van der Waals surface area contributed by atoms with E-state index < -0.39 is 12.1 Å². The Hall–Kier alpha value is -0.900. The summed E-state index contributed by atoms with van der Waals surface area (Å²) in [6.45, 7) is 8.29. The molecule has 1 unspecified atom stereocenters. The van der Waals surface area contributed by atoms with E-state index in [1.54, 1.807) is 0 Å². The zero-order chi connectivity index (χ0) is 16.2. The van der Waals surface area contributed by atoms with Gasteiger partial charge in [-0.25, -0.2) is 4.79 Å². The van der Waals surface area contributed by atoms with Gasteiger partial charge in [0.25, 0.3) is 0 Å². The number of nitrogens with zero attached hydrogens (tertiary/aromatic N) is 1. The monoisotopic (exact) mass is 326 g/mol. The van der Waals surface area contributed by atoms with Crippen LogP contribution >= 0.6 is 0 Å². The van der Waals surface area contributed by atoms with Gasteiger partial charge in [-0.15, -0.1) is 0 Å². The van der Waals surface area contributed by atoms with E-state index in [1.165, 1.54) is 13.0 Å². The van der Waals surface area contributed by atoms with Gasteiger partial charge in [-0.1, -0.05) is 0 Å². The second-order valence-electron chi connectivity index (χ2n) is 5.90. The molecule has 6 nitrogen and oxygen atoms in total. The summed E-state index contributed by atoms with van der Waals surface area (Å²) in [5.74, 6) is -2.00. The van der Waals surface area contributed by atoms with Gasteiger partial charge in [0.05, 0.1) is 13.2 Å². The van der Waals surface area contributed by atoms with Crippen molar-refractivity contribution in [3.05, 3.63) is 0 Å². The maximum absolute atomic E-state index is 10.6. The largest absolute Gasteiger partial charge is 0.490 e. The lowest BCUT2D eigenvalue weighted by Gasteiger charge is -2.49. The van der Waals surface area contributed by atoms with Gasteiger partial charge in [-0.3, -0.25) is 4.90 Å². The zero-order valence-electron chi connectivity index (χ0n) is 12.2. The highest BCUT2D eigenvalue weighted by molar-refractivity contribution is 5.73. The number of carboxylic acid groups (broad SMARTS) is 1. The molecule has 0 saturated carbocycles. The molecule has 3 rings (SSSR count). The van der Waals surface area contributed by atoms with Crippen LogP contribution in [0.3, 0.4) is 0 Å². The summed E-state index contributed by atoms with van der Waals surface area (Å²) in [5, 5.41) is 10.4. The van der Waals surface area contributed by atoms with Crippen molar-refractivity contribution in [1.29, 1.82) is 0 Å². The van der Waals surface area contributed by atoms with E-state index in [0.29, 0.717) is 0 Å². The van der Waals surface area contributed by atoms with Crippen LogP contribution in [0.2, 0.25) is 0 Å². The predicted octanol–water partition coefficient (Wildman–Crippen LogP) is 0.330. The van der Waals surface area contributed by atoms with Gasteiger partial charge >= 0.3 is 12.1 Å². The maximum atomic E-state index is 10.6. The Morgan fingerprint density at radius 2 is 2.05 bits per heavy atom. The number of halogens is 3. The van der Waals surface area contributed by atoms with Crippen molar-refractivity contribution in [3.8, 4) is 0 Å². The highest BCUT2D eigenvalue weighted by Gasteiger charge is 2.42.